The first-order valence-corrected chi connectivity index (χ1v) is 5.39. The van der Waals surface area contributed by atoms with Crippen molar-refractivity contribution in [3.05, 3.63) is 0 Å². The lowest BCUT2D eigenvalue weighted by molar-refractivity contribution is -0.0121. The van der Waals surface area contributed by atoms with E-state index < -0.39 is 0 Å². The second-order valence-electron chi connectivity index (χ2n) is 4.24. The van der Waals surface area contributed by atoms with E-state index in [1.165, 1.54) is 19.3 Å². The molecule has 0 saturated carbocycles. The summed E-state index contributed by atoms with van der Waals surface area (Å²) < 4.78 is 5.71. The van der Waals surface area contributed by atoms with Crippen LogP contribution in [0.15, 0.2) is 0 Å². The molecule has 1 atom stereocenters. The fraction of sp³-hybridized carbons (Fsp3) is 1.00. The topological polar surface area (TPSA) is 24.5 Å². The molecule has 0 amide bonds. The highest BCUT2D eigenvalue weighted by Gasteiger charge is 2.24. The Kier molecular flexibility index (Phi) is 3.19. The van der Waals surface area contributed by atoms with Crippen LogP contribution in [0.4, 0.5) is 0 Å². The van der Waals surface area contributed by atoms with E-state index in [1.54, 1.807) is 0 Å². The largest absolute Gasteiger partial charge is 0.377 e. The van der Waals surface area contributed by atoms with Crippen molar-refractivity contribution in [1.82, 2.24) is 10.2 Å². The van der Waals surface area contributed by atoms with Crippen molar-refractivity contribution in [1.29, 1.82) is 0 Å². The zero-order valence-electron chi connectivity index (χ0n) is 8.46. The maximum Gasteiger partial charge on any atom is 0.0702 e. The summed E-state index contributed by atoms with van der Waals surface area (Å²) in [6.07, 6.45) is 4.36. The van der Waals surface area contributed by atoms with Gasteiger partial charge in [-0.2, -0.15) is 0 Å². The zero-order chi connectivity index (χ0) is 9.10. The molecule has 2 fully saturated rings. The molecule has 1 unspecified atom stereocenters. The third-order valence-electron chi connectivity index (χ3n) is 3.15. The molecule has 0 aromatic rings. The van der Waals surface area contributed by atoms with Gasteiger partial charge >= 0.3 is 0 Å². The van der Waals surface area contributed by atoms with E-state index in [1.807, 2.05) is 0 Å². The minimum absolute atomic E-state index is 0.499. The molecule has 0 aromatic heterocycles. The van der Waals surface area contributed by atoms with E-state index in [4.69, 9.17) is 4.74 Å². The van der Waals surface area contributed by atoms with Crippen LogP contribution in [0.1, 0.15) is 19.3 Å². The van der Waals surface area contributed by atoms with Crippen molar-refractivity contribution >= 4 is 0 Å². The molecule has 2 aliphatic heterocycles. The summed E-state index contributed by atoms with van der Waals surface area (Å²) in [5.41, 5.74) is 0. The molecule has 0 aromatic carbocycles. The smallest absolute Gasteiger partial charge is 0.0702 e. The van der Waals surface area contributed by atoms with Crippen LogP contribution < -0.4 is 5.32 Å². The Labute approximate surface area is 80.4 Å². The van der Waals surface area contributed by atoms with E-state index in [0.717, 1.165) is 32.3 Å². The monoisotopic (exact) mass is 184 g/mol. The second kappa shape index (κ2) is 4.40. The molecule has 2 heterocycles. The molecule has 0 spiro atoms. The summed E-state index contributed by atoms with van der Waals surface area (Å²) in [7, 11) is 2.21. The van der Waals surface area contributed by atoms with Crippen molar-refractivity contribution in [3.8, 4) is 0 Å². The number of ether oxygens (including phenoxy) is 1. The molecule has 0 bridgehead atoms. The molecule has 13 heavy (non-hydrogen) atoms. The highest BCUT2D eigenvalue weighted by molar-refractivity contribution is 4.84. The highest BCUT2D eigenvalue weighted by Crippen LogP contribution is 2.14. The molecule has 0 aliphatic carbocycles. The van der Waals surface area contributed by atoms with Gasteiger partial charge in [0.2, 0.25) is 0 Å². The fourth-order valence-electron chi connectivity index (χ4n) is 2.01. The normalized spacial score (nSPS) is 30.5. The number of hydrogen-bond acceptors (Lipinski definition) is 3. The van der Waals surface area contributed by atoms with Crippen molar-refractivity contribution < 1.29 is 4.74 Å². The number of likely N-dealkylation sites (N-methyl/N-ethyl adjacent to an activating group) is 1. The summed E-state index contributed by atoms with van der Waals surface area (Å²) in [5.74, 6) is 0. The number of nitrogens with zero attached hydrogens (tertiary/aromatic N) is 1. The van der Waals surface area contributed by atoms with Gasteiger partial charge in [0.05, 0.1) is 6.10 Å². The van der Waals surface area contributed by atoms with Crippen LogP contribution in [0.25, 0.3) is 0 Å². The molecular weight excluding hydrogens is 164 g/mol. The molecule has 1 N–H and O–H groups in total. The Bertz CT molecular complexity index is 153. The predicted molar refractivity (Wildman–Crippen MR) is 52.9 cm³/mol. The number of nitrogens with one attached hydrogen (secondary N) is 1. The Morgan fingerprint density at radius 2 is 2.23 bits per heavy atom. The predicted octanol–water partition coefficient (Wildman–Crippen LogP) is 0.459. The van der Waals surface area contributed by atoms with Crippen molar-refractivity contribution in [2.75, 3.05) is 33.3 Å². The first kappa shape index (κ1) is 9.44. The number of rotatable bonds is 3. The molecule has 3 nitrogen and oxygen atoms in total. The molecule has 2 rings (SSSR count). The van der Waals surface area contributed by atoms with E-state index in [0.29, 0.717) is 6.10 Å². The second-order valence-corrected chi connectivity index (χ2v) is 4.24. The van der Waals surface area contributed by atoms with Crippen LogP contribution >= 0.6 is 0 Å². The minimum atomic E-state index is 0.499. The number of hydrogen-bond donors (Lipinski definition) is 1. The van der Waals surface area contributed by atoms with Gasteiger partial charge in [-0.3, -0.25) is 4.90 Å². The minimum Gasteiger partial charge on any atom is -0.377 e. The first-order valence-electron chi connectivity index (χ1n) is 5.39. The summed E-state index contributed by atoms with van der Waals surface area (Å²) in [6.45, 7) is 4.40. The van der Waals surface area contributed by atoms with Gasteiger partial charge in [0.1, 0.15) is 0 Å². The van der Waals surface area contributed by atoms with Gasteiger partial charge in [-0.25, -0.2) is 0 Å². The Morgan fingerprint density at radius 1 is 1.38 bits per heavy atom. The molecule has 2 aliphatic rings. The summed E-state index contributed by atoms with van der Waals surface area (Å²) in [6, 6.07) is 0.755. The van der Waals surface area contributed by atoms with Crippen molar-refractivity contribution in [3.63, 3.8) is 0 Å². The Balaban J connectivity index is 1.69. The maximum atomic E-state index is 5.71. The molecule has 2 saturated heterocycles. The van der Waals surface area contributed by atoms with Gasteiger partial charge < -0.3 is 10.1 Å². The van der Waals surface area contributed by atoms with Gasteiger partial charge in [0.15, 0.2) is 0 Å². The molecule has 0 radical (unpaired) electrons. The van der Waals surface area contributed by atoms with Gasteiger partial charge in [0.25, 0.3) is 0 Å². The average Bonchev–Trinajstić information content (AvgIpc) is 2.02. The van der Waals surface area contributed by atoms with Crippen LogP contribution in [-0.2, 0) is 4.74 Å². The van der Waals surface area contributed by atoms with E-state index in [-0.39, 0.29) is 0 Å². The zero-order valence-corrected chi connectivity index (χ0v) is 8.46. The Morgan fingerprint density at radius 3 is 2.77 bits per heavy atom. The molecule has 76 valence electrons. The van der Waals surface area contributed by atoms with Crippen LogP contribution in [0, 0.1) is 0 Å². The van der Waals surface area contributed by atoms with Crippen LogP contribution in [0.3, 0.4) is 0 Å². The van der Waals surface area contributed by atoms with Gasteiger partial charge in [-0.05, 0) is 26.3 Å². The quantitative estimate of drug-likeness (QED) is 0.689. The average molecular weight is 184 g/mol. The van der Waals surface area contributed by atoms with Gasteiger partial charge in [-0.1, -0.05) is 0 Å². The lowest BCUT2D eigenvalue weighted by Gasteiger charge is -2.38. The summed E-state index contributed by atoms with van der Waals surface area (Å²) in [5, 5.41) is 3.30. The van der Waals surface area contributed by atoms with Crippen LogP contribution in [-0.4, -0.2) is 50.3 Å². The van der Waals surface area contributed by atoms with Crippen LogP contribution in [0.2, 0.25) is 0 Å². The first-order chi connectivity index (χ1) is 6.36. The highest BCUT2D eigenvalue weighted by atomic mass is 16.5. The van der Waals surface area contributed by atoms with E-state index >= 15 is 0 Å². The molecular formula is C10H20N2O. The fourth-order valence-corrected chi connectivity index (χ4v) is 2.01. The standard InChI is InChI=1S/C10H20N2O/c1-12(9-6-11-7-9)8-10-4-2-3-5-13-10/h9-11H,2-8H2,1H3. The van der Waals surface area contributed by atoms with Gasteiger partial charge in [-0.15, -0.1) is 0 Å². The summed E-state index contributed by atoms with van der Waals surface area (Å²) >= 11 is 0. The maximum absolute atomic E-state index is 5.71. The molecule has 3 heteroatoms. The van der Waals surface area contributed by atoms with Crippen LogP contribution in [0.5, 0.6) is 0 Å². The summed E-state index contributed by atoms with van der Waals surface area (Å²) in [4.78, 5) is 2.44. The Hall–Kier alpha value is -0.120. The van der Waals surface area contributed by atoms with E-state index in [2.05, 4.69) is 17.3 Å². The van der Waals surface area contributed by atoms with Crippen molar-refractivity contribution in [2.24, 2.45) is 0 Å². The lowest BCUT2D eigenvalue weighted by atomic mass is 10.1. The van der Waals surface area contributed by atoms with Crippen molar-refractivity contribution in [2.45, 2.75) is 31.4 Å². The third-order valence-corrected chi connectivity index (χ3v) is 3.15. The third kappa shape index (κ3) is 2.42. The SMILES string of the molecule is CN(CC1CCCCO1)C1CNC1. The lowest BCUT2D eigenvalue weighted by Crippen LogP contribution is -2.57. The van der Waals surface area contributed by atoms with Gasteiger partial charge in [0, 0.05) is 32.3 Å². The van der Waals surface area contributed by atoms with E-state index in [9.17, 15) is 0 Å².